The van der Waals surface area contributed by atoms with Crippen molar-refractivity contribution in [2.45, 2.75) is 0 Å². The van der Waals surface area contributed by atoms with E-state index in [-0.39, 0.29) is 11.7 Å². The van der Waals surface area contributed by atoms with Crippen molar-refractivity contribution >= 4 is 17.8 Å². The second-order valence-electron chi connectivity index (χ2n) is 4.70. The fourth-order valence-electron chi connectivity index (χ4n) is 1.75. The number of benzene rings is 2. The SMILES string of the molecule is CN(C)c1cccc(C(=O)N/N=C/c2ccccc2O)c1. The molecule has 2 rings (SSSR count). The van der Waals surface area contributed by atoms with Gasteiger partial charge in [-0.1, -0.05) is 18.2 Å². The molecule has 2 aromatic carbocycles. The number of nitrogens with zero attached hydrogens (tertiary/aromatic N) is 2. The van der Waals surface area contributed by atoms with Crippen LogP contribution in [0, 0.1) is 0 Å². The molecular formula is C16H17N3O2. The Morgan fingerprint density at radius 2 is 1.95 bits per heavy atom. The maximum Gasteiger partial charge on any atom is 0.271 e. The molecule has 21 heavy (non-hydrogen) atoms. The zero-order chi connectivity index (χ0) is 15.2. The van der Waals surface area contributed by atoms with Gasteiger partial charge in [0.1, 0.15) is 5.75 Å². The van der Waals surface area contributed by atoms with E-state index >= 15 is 0 Å². The second-order valence-corrected chi connectivity index (χ2v) is 4.70. The lowest BCUT2D eigenvalue weighted by Crippen LogP contribution is -2.18. The number of para-hydroxylation sites is 1. The van der Waals surface area contributed by atoms with Crippen molar-refractivity contribution in [1.29, 1.82) is 0 Å². The largest absolute Gasteiger partial charge is 0.507 e. The Morgan fingerprint density at radius 3 is 2.67 bits per heavy atom. The van der Waals surface area contributed by atoms with Crippen LogP contribution < -0.4 is 10.3 Å². The van der Waals surface area contributed by atoms with Crippen molar-refractivity contribution in [2.24, 2.45) is 5.10 Å². The summed E-state index contributed by atoms with van der Waals surface area (Å²) >= 11 is 0. The molecule has 0 heterocycles. The molecule has 0 aliphatic carbocycles. The molecule has 108 valence electrons. The Labute approximate surface area is 123 Å². The Balaban J connectivity index is 2.05. The molecule has 0 radical (unpaired) electrons. The van der Waals surface area contributed by atoms with Crippen molar-refractivity contribution in [1.82, 2.24) is 5.43 Å². The Morgan fingerprint density at radius 1 is 1.19 bits per heavy atom. The fourth-order valence-corrected chi connectivity index (χ4v) is 1.75. The summed E-state index contributed by atoms with van der Waals surface area (Å²) in [4.78, 5) is 13.9. The van der Waals surface area contributed by atoms with E-state index in [1.54, 1.807) is 36.4 Å². The molecule has 0 unspecified atom stereocenters. The summed E-state index contributed by atoms with van der Waals surface area (Å²) in [5.74, 6) is -0.185. The van der Waals surface area contributed by atoms with Crippen LogP contribution in [0.2, 0.25) is 0 Å². The molecule has 2 N–H and O–H groups in total. The van der Waals surface area contributed by atoms with E-state index in [0.29, 0.717) is 11.1 Å². The van der Waals surface area contributed by atoms with Crippen LogP contribution in [0.4, 0.5) is 5.69 Å². The van der Waals surface area contributed by atoms with Gasteiger partial charge in [0.15, 0.2) is 0 Å². The molecule has 0 fully saturated rings. The first-order chi connectivity index (χ1) is 10.1. The van der Waals surface area contributed by atoms with Gasteiger partial charge < -0.3 is 10.0 Å². The van der Waals surface area contributed by atoms with E-state index in [0.717, 1.165) is 5.69 Å². The molecule has 0 aromatic heterocycles. The van der Waals surface area contributed by atoms with Gasteiger partial charge in [-0.3, -0.25) is 4.79 Å². The molecule has 0 bridgehead atoms. The zero-order valence-electron chi connectivity index (χ0n) is 11.9. The van der Waals surface area contributed by atoms with Crippen LogP contribution in [0.1, 0.15) is 15.9 Å². The number of anilines is 1. The Kier molecular flexibility index (Phi) is 4.56. The predicted molar refractivity (Wildman–Crippen MR) is 83.9 cm³/mol. The number of carbonyl (C=O) groups is 1. The van der Waals surface area contributed by atoms with Crippen LogP contribution in [0.5, 0.6) is 5.75 Å². The summed E-state index contributed by atoms with van der Waals surface area (Å²) in [5, 5.41) is 13.4. The molecule has 0 saturated carbocycles. The number of hydrogen-bond acceptors (Lipinski definition) is 4. The Hall–Kier alpha value is -2.82. The quantitative estimate of drug-likeness (QED) is 0.668. The van der Waals surface area contributed by atoms with Gasteiger partial charge in [0.25, 0.3) is 5.91 Å². The lowest BCUT2D eigenvalue weighted by atomic mass is 10.2. The van der Waals surface area contributed by atoms with E-state index < -0.39 is 0 Å². The highest BCUT2D eigenvalue weighted by atomic mass is 16.3. The average molecular weight is 283 g/mol. The third-order valence-corrected chi connectivity index (χ3v) is 2.93. The lowest BCUT2D eigenvalue weighted by molar-refractivity contribution is 0.0955. The van der Waals surface area contributed by atoms with Gasteiger partial charge in [0.2, 0.25) is 0 Å². The van der Waals surface area contributed by atoms with Crippen LogP contribution in [-0.2, 0) is 0 Å². The molecule has 0 atom stereocenters. The van der Waals surface area contributed by atoms with E-state index in [2.05, 4.69) is 10.5 Å². The molecule has 0 aliphatic heterocycles. The van der Waals surface area contributed by atoms with Crippen LogP contribution in [0.25, 0.3) is 0 Å². The maximum absolute atomic E-state index is 12.0. The minimum Gasteiger partial charge on any atom is -0.507 e. The van der Waals surface area contributed by atoms with Crippen molar-refractivity contribution in [3.63, 3.8) is 0 Å². The third kappa shape index (κ3) is 3.82. The standard InChI is InChI=1S/C16H17N3O2/c1-19(2)14-8-5-7-12(10-14)16(21)18-17-11-13-6-3-4-9-15(13)20/h3-11,20H,1-2H3,(H,18,21)/b17-11+. The van der Waals surface area contributed by atoms with Gasteiger partial charge in [0.05, 0.1) is 6.21 Å². The lowest BCUT2D eigenvalue weighted by Gasteiger charge is -2.12. The number of carbonyl (C=O) groups excluding carboxylic acids is 1. The molecule has 5 nitrogen and oxygen atoms in total. The summed E-state index contributed by atoms with van der Waals surface area (Å²) in [6, 6.07) is 14.0. The topological polar surface area (TPSA) is 64.9 Å². The molecule has 1 amide bonds. The number of hydrazone groups is 1. The van der Waals surface area contributed by atoms with Crippen LogP contribution in [0.15, 0.2) is 53.6 Å². The number of phenolic OH excluding ortho intramolecular Hbond substituents is 1. The normalized spacial score (nSPS) is 10.6. The predicted octanol–water partition coefficient (Wildman–Crippen LogP) is 2.22. The first-order valence-corrected chi connectivity index (χ1v) is 6.46. The van der Waals surface area contributed by atoms with Gasteiger partial charge in [-0.05, 0) is 30.3 Å². The second kappa shape index (κ2) is 6.56. The highest BCUT2D eigenvalue weighted by molar-refractivity contribution is 5.95. The van der Waals surface area contributed by atoms with Crippen molar-refractivity contribution in [3.05, 3.63) is 59.7 Å². The van der Waals surface area contributed by atoms with E-state index in [1.165, 1.54) is 6.21 Å². The summed E-state index contributed by atoms with van der Waals surface area (Å²) < 4.78 is 0. The number of aromatic hydroxyl groups is 1. The fraction of sp³-hybridized carbons (Fsp3) is 0.125. The molecule has 0 saturated heterocycles. The summed E-state index contributed by atoms with van der Waals surface area (Å²) in [6.45, 7) is 0. The number of rotatable bonds is 4. The highest BCUT2D eigenvalue weighted by Gasteiger charge is 2.05. The zero-order valence-corrected chi connectivity index (χ0v) is 11.9. The van der Waals surface area contributed by atoms with E-state index in [9.17, 15) is 9.90 Å². The number of phenols is 1. The number of hydrogen-bond donors (Lipinski definition) is 2. The molecule has 0 aliphatic rings. The van der Waals surface area contributed by atoms with Crippen LogP contribution in [-0.4, -0.2) is 31.3 Å². The van der Waals surface area contributed by atoms with Crippen LogP contribution in [0.3, 0.4) is 0 Å². The van der Waals surface area contributed by atoms with Gasteiger partial charge in [-0.15, -0.1) is 0 Å². The van der Waals surface area contributed by atoms with Crippen LogP contribution >= 0.6 is 0 Å². The third-order valence-electron chi connectivity index (χ3n) is 2.93. The first-order valence-electron chi connectivity index (χ1n) is 6.46. The number of nitrogens with one attached hydrogen (secondary N) is 1. The minimum atomic E-state index is -0.301. The van der Waals surface area contributed by atoms with E-state index in [1.807, 2.05) is 31.1 Å². The molecule has 5 heteroatoms. The summed E-state index contributed by atoms with van der Waals surface area (Å²) in [5.41, 5.74) is 4.44. The van der Waals surface area contributed by atoms with Crippen molar-refractivity contribution in [3.8, 4) is 5.75 Å². The van der Waals surface area contributed by atoms with Gasteiger partial charge in [-0.2, -0.15) is 5.10 Å². The van der Waals surface area contributed by atoms with Crippen molar-refractivity contribution in [2.75, 3.05) is 19.0 Å². The molecule has 2 aromatic rings. The summed E-state index contributed by atoms with van der Waals surface area (Å²) in [6.07, 6.45) is 1.41. The highest BCUT2D eigenvalue weighted by Crippen LogP contribution is 2.14. The summed E-state index contributed by atoms with van der Waals surface area (Å²) in [7, 11) is 3.82. The van der Waals surface area contributed by atoms with Gasteiger partial charge in [0, 0.05) is 30.9 Å². The minimum absolute atomic E-state index is 0.116. The number of amides is 1. The maximum atomic E-state index is 12.0. The smallest absolute Gasteiger partial charge is 0.271 e. The van der Waals surface area contributed by atoms with Gasteiger partial charge >= 0.3 is 0 Å². The Bertz CT molecular complexity index is 666. The van der Waals surface area contributed by atoms with E-state index in [4.69, 9.17) is 0 Å². The molecular weight excluding hydrogens is 266 g/mol. The molecule has 0 spiro atoms. The average Bonchev–Trinajstić information content (AvgIpc) is 2.49. The van der Waals surface area contributed by atoms with Gasteiger partial charge in [-0.25, -0.2) is 5.43 Å². The van der Waals surface area contributed by atoms with Crippen molar-refractivity contribution < 1.29 is 9.90 Å². The first kappa shape index (κ1) is 14.6. The monoisotopic (exact) mass is 283 g/mol.